The van der Waals surface area contributed by atoms with E-state index in [1.54, 1.807) is 18.2 Å². The molecular weight excluding hydrogens is 272 g/mol. The van der Waals surface area contributed by atoms with E-state index in [4.69, 9.17) is 21.4 Å². The number of rotatable bonds is 5. The third-order valence-electron chi connectivity index (χ3n) is 2.41. The van der Waals surface area contributed by atoms with Crippen molar-refractivity contribution in [2.24, 2.45) is 5.92 Å². The quantitative estimate of drug-likeness (QED) is 0.774. The second-order valence-corrected chi connectivity index (χ2v) is 4.33. The normalized spacial score (nSPS) is 11.5. The van der Waals surface area contributed by atoms with Crippen molar-refractivity contribution < 1.29 is 19.4 Å². The molecule has 2 amide bonds. The number of aliphatic carboxylic acids is 1. The molecule has 1 unspecified atom stereocenters. The summed E-state index contributed by atoms with van der Waals surface area (Å²) in [5.41, 5.74) is 0.390. The van der Waals surface area contributed by atoms with Crippen molar-refractivity contribution in [2.45, 2.75) is 6.92 Å². The largest absolute Gasteiger partial charge is 0.497 e. The van der Waals surface area contributed by atoms with E-state index in [1.807, 2.05) is 0 Å². The van der Waals surface area contributed by atoms with Gasteiger partial charge >= 0.3 is 12.0 Å². The SMILES string of the molecule is COc1ccc(Cl)c(NC(=O)NCC(C)C(=O)O)c1. The number of nitrogens with one attached hydrogen (secondary N) is 2. The van der Waals surface area contributed by atoms with E-state index in [2.05, 4.69) is 10.6 Å². The number of benzene rings is 1. The van der Waals surface area contributed by atoms with Crippen LogP contribution in [-0.2, 0) is 4.79 Å². The molecule has 0 saturated carbocycles. The van der Waals surface area contributed by atoms with Gasteiger partial charge in [0, 0.05) is 12.6 Å². The summed E-state index contributed by atoms with van der Waals surface area (Å²) >= 11 is 5.92. The zero-order chi connectivity index (χ0) is 14.4. The number of ether oxygens (including phenoxy) is 1. The molecule has 7 heteroatoms. The first-order valence-corrected chi connectivity index (χ1v) is 5.93. The van der Waals surface area contributed by atoms with Gasteiger partial charge in [0.05, 0.1) is 23.7 Å². The van der Waals surface area contributed by atoms with Crippen LogP contribution in [0.25, 0.3) is 0 Å². The lowest BCUT2D eigenvalue weighted by Gasteiger charge is -2.11. The molecule has 0 bridgehead atoms. The van der Waals surface area contributed by atoms with Crippen molar-refractivity contribution in [1.29, 1.82) is 0 Å². The Morgan fingerprint density at radius 1 is 1.47 bits per heavy atom. The van der Waals surface area contributed by atoms with Gasteiger partial charge in [0.1, 0.15) is 5.75 Å². The maximum Gasteiger partial charge on any atom is 0.319 e. The lowest BCUT2D eigenvalue weighted by molar-refractivity contribution is -0.140. The lowest BCUT2D eigenvalue weighted by atomic mass is 10.2. The van der Waals surface area contributed by atoms with E-state index in [9.17, 15) is 9.59 Å². The van der Waals surface area contributed by atoms with E-state index in [-0.39, 0.29) is 6.54 Å². The highest BCUT2D eigenvalue weighted by molar-refractivity contribution is 6.33. The maximum atomic E-state index is 11.6. The van der Waals surface area contributed by atoms with Crippen LogP contribution in [0.2, 0.25) is 5.02 Å². The average molecular weight is 287 g/mol. The van der Waals surface area contributed by atoms with Gasteiger partial charge in [-0.2, -0.15) is 0 Å². The first kappa shape index (κ1) is 15.1. The van der Waals surface area contributed by atoms with Crippen LogP contribution in [0, 0.1) is 5.92 Å². The summed E-state index contributed by atoms with van der Waals surface area (Å²) in [4.78, 5) is 22.2. The first-order chi connectivity index (χ1) is 8.93. The number of methoxy groups -OCH3 is 1. The molecular formula is C12H15ClN2O4. The summed E-state index contributed by atoms with van der Waals surface area (Å²) in [5.74, 6) is -1.08. The first-order valence-electron chi connectivity index (χ1n) is 5.55. The topological polar surface area (TPSA) is 87.7 Å². The van der Waals surface area contributed by atoms with Gasteiger partial charge in [0.2, 0.25) is 0 Å². The van der Waals surface area contributed by atoms with Crippen LogP contribution in [-0.4, -0.2) is 30.8 Å². The van der Waals surface area contributed by atoms with Gasteiger partial charge in [-0.1, -0.05) is 18.5 Å². The zero-order valence-corrected chi connectivity index (χ0v) is 11.3. The molecule has 0 aliphatic rings. The monoisotopic (exact) mass is 286 g/mol. The molecule has 0 heterocycles. The van der Waals surface area contributed by atoms with Gasteiger partial charge < -0.3 is 20.5 Å². The predicted molar refractivity (Wildman–Crippen MR) is 71.8 cm³/mol. The number of carbonyl (C=O) groups excluding carboxylic acids is 1. The highest BCUT2D eigenvalue weighted by Crippen LogP contribution is 2.26. The van der Waals surface area contributed by atoms with Gasteiger partial charge in [0.15, 0.2) is 0 Å². The molecule has 0 spiro atoms. The van der Waals surface area contributed by atoms with Crippen molar-refractivity contribution in [3.8, 4) is 5.75 Å². The van der Waals surface area contributed by atoms with E-state index >= 15 is 0 Å². The zero-order valence-electron chi connectivity index (χ0n) is 10.6. The minimum atomic E-state index is -0.972. The van der Waals surface area contributed by atoms with E-state index in [0.29, 0.717) is 16.5 Å². The molecule has 1 aromatic carbocycles. The average Bonchev–Trinajstić information content (AvgIpc) is 2.38. The summed E-state index contributed by atoms with van der Waals surface area (Å²) in [6.45, 7) is 1.53. The molecule has 0 fully saturated rings. The van der Waals surface area contributed by atoms with E-state index in [0.717, 1.165) is 0 Å². The molecule has 19 heavy (non-hydrogen) atoms. The molecule has 0 radical (unpaired) electrons. The van der Waals surface area contributed by atoms with Crippen LogP contribution in [0.1, 0.15) is 6.92 Å². The van der Waals surface area contributed by atoms with Crippen LogP contribution in [0.4, 0.5) is 10.5 Å². The highest BCUT2D eigenvalue weighted by atomic mass is 35.5. The van der Waals surface area contributed by atoms with Crippen molar-refractivity contribution in [3.05, 3.63) is 23.2 Å². The van der Waals surface area contributed by atoms with Gasteiger partial charge in [-0.3, -0.25) is 4.79 Å². The number of carboxylic acids is 1. The molecule has 1 atom stereocenters. The summed E-state index contributed by atoms with van der Waals surface area (Å²) in [5, 5.41) is 14.0. The second-order valence-electron chi connectivity index (χ2n) is 3.92. The minimum Gasteiger partial charge on any atom is -0.497 e. The van der Waals surface area contributed by atoms with Crippen LogP contribution in [0.3, 0.4) is 0 Å². The molecule has 1 aromatic rings. The van der Waals surface area contributed by atoms with Crippen LogP contribution < -0.4 is 15.4 Å². The smallest absolute Gasteiger partial charge is 0.319 e. The minimum absolute atomic E-state index is 0.0305. The fraction of sp³-hybridized carbons (Fsp3) is 0.333. The molecule has 3 N–H and O–H groups in total. The fourth-order valence-corrected chi connectivity index (χ4v) is 1.39. The Balaban J connectivity index is 2.59. The second kappa shape index (κ2) is 6.84. The fourth-order valence-electron chi connectivity index (χ4n) is 1.23. The molecule has 0 aliphatic heterocycles. The number of amides is 2. The van der Waals surface area contributed by atoms with Crippen LogP contribution in [0.15, 0.2) is 18.2 Å². The van der Waals surface area contributed by atoms with Crippen LogP contribution in [0.5, 0.6) is 5.75 Å². The number of halogens is 1. The number of carboxylic acid groups (broad SMARTS) is 1. The summed E-state index contributed by atoms with van der Waals surface area (Å²) in [6.07, 6.45) is 0. The number of hydrogen-bond acceptors (Lipinski definition) is 3. The van der Waals surface area contributed by atoms with Crippen molar-refractivity contribution >= 4 is 29.3 Å². The Kier molecular flexibility index (Phi) is 5.44. The van der Waals surface area contributed by atoms with Crippen molar-refractivity contribution in [2.75, 3.05) is 19.0 Å². The number of urea groups is 1. The third kappa shape index (κ3) is 4.67. The maximum absolute atomic E-state index is 11.6. The van der Waals surface area contributed by atoms with E-state index in [1.165, 1.54) is 14.0 Å². The Bertz CT molecular complexity index is 479. The molecule has 104 valence electrons. The summed E-state index contributed by atoms with van der Waals surface area (Å²) < 4.78 is 5.01. The molecule has 0 aromatic heterocycles. The predicted octanol–water partition coefficient (Wildman–Crippen LogP) is 2.19. The Labute approximate surface area is 115 Å². The molecule has 0 saturated heterocycles. The third-order valence-corrected chi connectivity index (χ3v) is 2.74. The highest BCUT2D eigenvalue weighted by Gasteiger charge is 2.13. The standard InChI is InChI=1S/C12H15ClN2O4/c1-7(11(16)17)6-14-12(18)15-10-5-8(19-2)3-4-9(10)13/h3-5,7H,6H2,1-2H3,(H,16,17)(H2,14,15,18). The van der Waals surface area contributed by atoms with Crippen molar-refractivity contribution in [3.63, 3.8) is 0 Å². The lowest BCUT2D eigenvalue weighted by Crippen LogP contribution is -2.34. The summed E-state index contributed by atoms with van der Waals surface area (Å²) in [7, 11) is 1.50. The van der Waals surface area contributed by atoms with Crippen molar-refractivity contribution in [1.82, 2.24) is 5.32 Å². The number of anilines is 1. The Hall–Kier alpha value is -1.95. The van der Waals surface area contributed by atoms with Gasteiger partial charge in [0.25, 0.3) is 0 Å². The Morgan fingerprint density at radius 2 is 2.16 bits per heavy atom. The Morgan fingerprint density at radius 3 is 2.74 bits per heavy atom. The molecule has 6 nitrogen and oxygen atoms in total. The van der Waals surface area contributed by atoms with Gasteiger partial charge in [-0.25, -0.2) is 4.79 Å². The van der Waals surface area contributed by atoms with Gasteiger partial charge in [-0.15, -0.1) is 0 Å². The molecule has 0 aliphatic carbocycles. The van der Waals surface area contributed by atoms with E-state index < -0.39 is 17.9 Å². The number of carbonyl (C=O) groups is 2. The number of hydrogen-bond donors (Lipinski definition) is 3. The van der Waals surface area contributed by atoms with Gasteiger partial charge in [-0.05, 0) is 12.1 Å². The molecule has 1 rings (SSSR count). The van der Waals surface area contributed by atoms with Crippen LogP contribution >= 0.6 is 11.6 Å². The summed E-state index contributed by atoms with van der Waals surface area (Å²) in [6, 6.07) is 4.30.